The van der Waals surface area contributed by atoms with Crippen molar-refractivity contribution in [1.29, 1.82) is 0 Å². The van der Waals surface area contributed by atoms with Gasteiger partial charge in [-0.3, -0.25) is 14.6 Å². The van der Waals surface area contributed by atoms with Crippen LogP contribution in [0.3, 0.4) is 0 Å². The Hall–Kier alpha value is -4.96. The highest BCUT2D eigenvalue weighted by molar-refractivity contribution is 5.96. The smallest absolute Gasteiger partial charge is 0.251 e. The second-order valence-corrected chi connectivity index (χ2v) is 9.19. The van der Waals surface area contributed by atoms with Gasteiger partial charge < -0.3 is 24.5 Å². The van der Waals surface area contributed by atoms with Gasteiger partial charge in [0.25, 0.3) is 5.91 Å². The van der Waals surface area contributed by atoms with Crippen LogP contribution in [-0.4, -0.2) is 69.1 Å². The molecule has 0 fully saturated rings. The standard InChI is InChI=1S/C31H31FN4O5/c1-35(2)36(3)30(20-9-7-6-8-10-20)22(19-37)18-34-31(38)21-11-12-27(24(32)15-21)41-26-13-14-33-25-17-29(40-5)28(39-4)16-23(25)26/h6-17,19H,18H2,1-5H3,(H,34,38)/b30-22-. The molecule has 1 amide bonds. The summed E-state index contributed by atoms with van der Waals surface area (Å²) >= 11 is 0. The number of nitrogens with one attached hydrogen (secondary N) is 1. The average Bonchev–Trinajstić information content (AvgIpc) is 2.99. The summed E-state index contributed by atoms with van der Waals surface area (Å²) in [5.41, 5.74) is 2.46. The summed E-state index contributed by atoms with van der Waals surface area (Å²) in [6.07, 6.45) is 2.25. The van der Waals surface area contributed by atoms with Crippen LogP contribution < -0.4 is 19.5 Å². The van der Waals surface area contributed by atoms with E-state index in [0.717, 1.165) is 11.6 Å². The number of benzene rings is 3. The molecule has 0 atom stereocenters. The third-order valence-corrected chi connectivity index (χ3v) is 6.48. The van der Waals surface area contributed by atoms with Crippen molar-refractivity contribution in [2.75, 3.05) is 41.9 Å². The van der Waals surface area contributed by atoms with Gasteiger partial charge in [0.15, 0.2) is 23.1 Å². The SMILES string of the molecule is COc1cc2nccc(Oc3ccc(C(=O)NC/C(C=O)=C(\c4ccccc4)N(C)N(C)C)cc3F)c2cc1OC. The van der Waals surface area contributed by atoms with Gasteiger partial charge in [-0.2, -0.15) is 0 Å². The molecule has 3 aromatic carbocycles. The van der Waals surface area contributed by atoms with E-state index in [9.17, 15) is 9.59 Å². The van der Waals surface area contributed by atoms with Crippen molar-refractivity contribution in [3.05, 3.63) is 95.4 Å². The van der Waals surface area contributed by atoms with Crippen molar-refractivity contribution in [3.63, 3.8) is 0 Å². The minimum Gasteiger partial charge on any atom is -0.493 e. The Morgan fingerprint density at radius 2 is 1.61 bits per heavy atom. The Bertz CT molecular complexity index is 1590. The van der Waals surface area contributed by atoms with E-state index < -0.39 is 11.7 Å². The molecule has 41 heavy (non-hydrogen) atoms. The quantitative estimate of drug-likeness (QED) is 0.157. The maximum Gasteiger partial charge on any atom is 0.251 e. The lowest BCUT2D eigenvalue weighted by Gasteiger charge is -2.30. The molecule has 0 aliphatic carbocycles. The number of fused-ring (bicyclic) bond motifs is 1. The zero-order chi connectivity index (χ0) is 29.5. The number of aromatic nitrogens is 1. The molecule has 0 aliphatic rings. The first-order valence-corrected chi connectivity index (χ1v) is 12.7. The predicted octanol–water partition coefficient (Wildman–Crippen LogP) is 4.93. The Balaban J connectivity index is 1.55. The maximum atomic E-state index is 15.1. The number of carbonyl (C=O) groups excluding carboxylic acids is 2. The first-order chi connectivity index (χ1) is 19.8. The van der Waals surface area contributed by atoms with Crippen LogP contribution in [0.5, 0.6) is 23.0 Å². The van der Waals surface area contributed by atoms with Gasteiger partial charge in [-0.15, -0.1) is 0 Å². The number of methoxy groups -OCH3 is 2. The third kappa shape index (κ3) is 6.44. The fourth-order valence-corrected chi connectivity index (χ4v) is 4.21. The highest BCUT2D eigenvalue weighted by Gasteiger charge is 2.18. The highest BCUT2D eigenvalue weighted by Crippen LogP contribution is 2.37. The highest BCUT2D eigenvalue weighted by atomic mass is 19.1. The molecule has 0 radical (unpaired) electrons. The first-order valence-electron chi connectivity index (χ1n) is 12.7. The summed E-state index contributed by atoms with van der Waals surface area (Å²) in [5.74, 6) is -0.0145. The lowest BCUT2D eigenvalue weighted by molar-refractivity contribution is -0.105. The Morgan fingerprint density at radius 1 is 0.902 bits per heavy atom. The lowest BCUT2D eigenvalue weighted by atomic mass is 10.1. The van der Waals surface area contributed by atoms with Gasteiger partial charge in [0.2, 0.25) is 0 Å². The zero-order valence-electron chi connectivity index (χ0n) is 23.5. The average molecular weight is 559 g/mol. The van der Waals surface area contributed by atoms with Crippen molar-refractivity contribution in [3.8, 4) is 23.0 Å². The third-order valence-electron chi connectivity index (χ3n) is 6.48. The topological polar surface area (TPSA) is 93.2 Å². The second-order valence-electron chi connectivity index (χ2n) is 9.19. The van der Waals surface area contributed by atoms with Crippen LogP contribution in [0.2, 0.25) is 0 Å². The summed E-state index contributed by atoms with van der Waals surface area (Å²) in [4.78, 5) is 29.4. The molecule has 1 N–H and O–H groups in total. The molecule has 0 unspecified atom stereocenters. The van der Waals surface area contributed by atoms with Gasteiger partial charge in [0.1, 0.15) is 12.0 Å². The number of hydrogen-bond donors (Lipinski definition) is 1. The Kier molecular flexibility index (Phi) is 9.15. The molecule has 1 aromatic heterocycles. The number of halogens is 1. The summed E-state index contributed by atoms with van der Waals surface area (Å²) in [7, 11) is 8.55. The Labute approximate surface area is 237 Å². The summed E-state index contributed by atoms with van der Waals surface area (Å²) < 4.78 is 31.7. The fourth-order valence-electron chi connectivity index (χ4n) is 4.21. The monoisotopic (exact) mass is 558 g/mol. The number of ether oxygens (including phenoxy) is 3. The van der Waals surface area contributed by atoms with E-state index >= 15 is 4.39 Å². The van der Waals surface area contributed by atoms with Crippen LogP contribution in [0.15, 0.2) is 78.5 Å². The van der Waals surface area contributed by atoms with Crippen molar-refractivity contribution in [2.24, 2.45) is 0 Å². The van der Waals surface area contributed by atoms with Gasteiger partial charge in [-0.1, -0.05) is 30.3 Å². The number of amides is 1. The van der Waals surface area contributed by atoms with E-state index in [-0.39, 0.29) is 17.9 Å². The predicted molar refractivity (Wildman–Crippen MR) is 155 cm³/mol. The molecular weight excluding hydrogens is 527 g/mol. The van der Waals surface area contributed by atoms with E-state index in [2.05, 4.69) is 10.3 Å². The van der Waals surface area contributed by atoms with E-state index in [1.165, 1.54) is 26.4 Å². The molecule has 10 heteroatoms. The number of nitrogens with zero attached hydrogens (tertiary/aromatic N) is 3. The van der Waals surface area contributed by atoms with Gasteiger partial charge >= 0.3 is 0 Å². The van der Waals surface area contributed by atoms with Crippen molar-refractivity contribution in [1.82, 2.24) is 20.3 Å². The largest absolute Gasteiger partial charge is 0.493 e. The van der Waals surface area contributed by atoms with Crippen molar-refractivity contribution >= 4 is 28.8 Å². The lowest BCUT2D eigenvalue weighted by Crippen LogP contribution is -2.34. The second kappa shape index (κ2) is 12.9. The number of aldehydes is 1. The van der Waals surface area contributed by atoms with Gasteiger partial charge in [0, 0.05) is 56.5 Å². The molecule has 0 saturated carbocycles. The van der Waals surface area contributed by atoms with Crippen LogP contribution in [0.4, 0.5) is 4.39 Å². The van der Waals surface area contributed by atoms with Gasteiger partial charge in [-0.05, 0) is 35.9 Å². The molecular formula is C31H31FN4O5. The number of pyridine rings is 1. The molecule has 0 bridgehead atoms. The first kappa shape index (κ1) is 29.0. The Morgan fingerprint density at radius 3 is 2.24 bits per heavy atom. The van der Waals surface area contributed by atoms with Crippen LogP contribution in [0.25, 0.3) is 16.6 Å². The maximum absolute atomic E-state index is 15.1. The van der Waals surface area contributed by atoms with E-state index in [4.69, 9.17) is 14.2 Å². The van der Waals surface area contributed by atoms with Crippen LogP contribution >= 0.6 is 0 Å². The van der Waals surface area contributed by atoms with Crippen LogP contribution in [0, 0.1) is 5.82 Å². The summed E-state index contributed by atoms with van der Waals surface area (Å²) in [6.45, 7) is -0.0566. The summed E-state index contributed by atoms with van der Waals surface area (Å²) in [5, 5.41) is 6.95. The van der Waals surface area contributed by atoms with Crippen LogP contribution in [-0.2, 0) is 4.79 Å². The molecule has 0 spiro atoms. The van der Waals surface area contributed by atoms with Crippen LogP contribution in [0.1, 0.15) is 15.9 Å². The molecule has 9 nitrogen and oxygen atoms in total. The molecule has 4 aromatic rings. The molecule has 4 rings (SSSR count). The van der Waals surface area contributed by atoms with Crippen molar-refractivity contribution < 1.29 is 28.2 Å². The number of carbonyl (C=O) groups is 2. The normalized spacial score (nSPS) is 11.6. The van der Waals surface area contributed by atoms with Gasteiger partial charge in [-0.25, -0.2) is 9.40 Å². The molecule has 0 saturated heterocycles. The minimum atomic E-state index is -0.730. The number of rotatable bonds is 11. The minimum absolute atomic E-state index is 0.0566. The number of hydrazine groups is 1. The molecule has 0 aliphatic heterocycles. The van der Waals surface area contributed by atoms with Crippen molar-refractivity contribution in [2.45, 2.75) is 0 Å². The molecule has 1 heterocycles. The van der Waals surface area contributed by atoms with E-state index in [1.54, 1.807) is 24.4 Å². The fraction of sp³-hybridized carbons (Fsp3) is 0.194. The van der Waals surface area contributed by atoms with Gasteiger partial charge in [0.05, 0.1) is 25.4 Å². The molecule has 212 valence electrons. The van der Waals surface area contributed by atoms with E-state index in [1.807, 2.05) is 61.5 Å². The van der Waals surface area contributed by atoms with E-state index in [0.29, 0.717) is 45.7 Å². The number of hydrogen-bond acceptors (Lipinski definition) is 8. The zero-order valence-corrected chi connectivity index (χ0v) is 23.5. The summed E-state index contributed by atoms with van der Waals surface area (Å²) in [6, 6.07) is 18.3.